The molecule has 1 N–H and O–H groups in total. The van der Waals surface area contributed by atoms with Gasteiger partial charge in [0.1, 0.15) is 5.75 Å². The van der Waals surface area contributed by atoms with Gasteiger partial charge in [-0.15, -0.1) is 0 Å². The molecule has 0 aliphatic carbocycles. The number of ether oxygens (including phenoxy) is 1. The monoisotopic (exact) mass is 486 g/mol. The number of nitrogens with one attached hydrogen (secondary N) is 1. The molecular formula is C21H27ClN2O5S2. The number of sulfone groups is 2. The van der Waals surface area contributed by atoms with E-state index >= 15 is 0 Å². The van der Waals surface area contributed by atoms with Crippen LogP contribution in [0.2, 0.25) is 5.02 Å². The molecule has 1 fully saturated rings. The van der Waals surface area contributed by atoms with Crippen LogP contribution >= 0.6 is 11.6 Å². The zero-order valence-corrected chi connectivity index (χ0v) is 20.0. The van der Waals surface area contributed by atoms with Crippen molar-refractivity contribution in [1.29, 1.82) is 0 Å². The van der Waals surface area contributed by atoms with E-state index in [4.69, 9.17) is 16.3 Å². The van der Waals surface area contributed by atoms with E-state index in [9.17, 15) is 16.8 Å². The van der Waals surface area contributed by atoms with Crippen LogP contribution in [0.5, 0.6) is 5.75 Å². The number of halogens is 1. The normalized spacial score (nSPS) is 21.8. The Labute approximate surface area is 189 Å². The highest BCUT2D eigenvalue weighted by Crippen LogP contribution is 2.28. The average Bonchev–Trinajstić information content (AvgIpc) is 3.04. The summed E-state index contributed by atoms with van der Waals surface area (Å²) in [5.74, 6) is 0.128. The SMILES string of the molecule is COc1ccc(C(CN[C@H]2CS(=O)(=O)C[C@@H]2S(=O)(=O)c2ccc(Cl)cc2)N(C)C)cc1. The minimum absolute atomic E-state index is 0.0742. The van der Waals surface area contributed by atoms with E-state index in [0.717, 1.165) is 11.3 Å². The maximum atomic E-state index is 13.2. The number of hydrogen-bond acceptors (Lipinski definition) is 7. The summed E-state index contributed by atoms with van der Waals surface area (Å²) in [6.07, 6.45) is 0. The highest BCUT2D eigenvalue weighted by atomic mass is 35.5. The predicted molar refractivity (Wildman–Crippen MR) is 122 cm³/mol. The second-order valence-electron chi connectivity index (χ2n) is 7.88. The third-order valence-corrected chi connectivity index (χ3v) is 9.96. The van der Waals surface area contributed by atoms with Crippen LogP contribution in [0, 0.1) is 0 Å². The first-order chi connectivity index (χ1) is 14.5. The fourth-order valence-corrected chi connectivity index (χ4v) is 8.64. The van der Waals surface area contributed by atoms with Crippen LogP contribution in [0.15, 0.2) is 53.4 Å². The Morgan fingerprint density at radius 1 is 1.10 bits per heavy atom. The Hall–Kier alpha value is -1.65. The first-order valence-corrected chi connectivity index (χ1v) is 13.5. The minimum atomic E-state index is -3.85. The van der Waals surface area contributed by atoms with Crippen LogP contribution in [-0.2, 0) is 19.7 Å². The maximum absolute atomic E-state index is 13.2. The van der Waals surface area contributed by atoms with E-state index in [1.807, 2.05) is 43.3 Å². The lowest BCUT2D eigenvalue weighted by molar-refractivity contribution is 0.281. The van der Waals surface area contributed by atoms with Crippen molar-refractivity contribution >= 4 is 31.3 Å². The van der Waals surface area contributed by atoms with Crippen LogP contribution in [0.4, 0.5) is 0 Å². The second-order valence-corrected chi connectivity index (χ2v) is 12.6. The summed E-state index contributed by atoms with van der Waals surface area (Å²) in [4.78, 5) is 2.08. The molecule has 1 saturated heterocycles. The molecule has 1 heterocycles. The molecule has 31 heavy (non-hydrogen) atoms. The molecule has 7 nitrogen and oxygen atoms in total. The van der Waals surface area contributed by atoms with Crippen molar-refractivity contribution in [3.05, 3.63) is 59.1 Å². The first-order valence-electron chi connectivity index (χ1n) is 9.77. The summed E-state index contributed by atoms with van der Waals surface area (Å²) in [5.41, 5.74) is 1.01. The Morgan fingerprint density at radius 2 is 1.71 bits per heavy atom. The van der Waals surface area contributed by atoms with Gasteiger partial charge in [0.25, 0.3) is 0 Å². The van der Waals surface area contributed by atoms with Crippen molar-refractivity contribution in [3.63, 3.8) is 0 Å². The molecule has 0 aromatic heterocycles. The van der Waals surface area contributed by atoms with E-state index in [1.165, 1.54) is 24.3 Å². The van der Waals surface area contributed by atoms with E-state index in [0.29, 0.717) is 11.6 Å². The van der Waals surface area contributed by atoms with Gasteiger partial charge in [0, 0.05) is 23.7 Å². The molecule has 0 saturated carbocycles. The number of nitrogens with zero attached hydrogens (tertiary/aromatic N) is 1. The minimum Gasteiger partial charge on any atom is -0.497 e. The van der Waals surface area contributed by atoms with Crippen LogP contribution in [-0.4, -0.2) is 72.3 Å². The zero-order valence-electron chi connectivity index (χ0n) is 17.7. The molecule has 0 spiro atoms. The summed E-state index contributed by atoms with van der Waals surface area (Å²) in [7, 11) is -1.89. The Balaban J connectivity index is 1.82. The first kappa shape index (κ1) is 24.0. The molecule has 2 aromatic rings. The Bertz CT molecular complexity index is 1100. The van der Waals surface area contributed by atoms with Crippen LogP contribution in [0.1, 0.15) is 11.6 Å². The molecule has 1 aliphatic rings. The average molecular weight is 487 g/mol. The Kier molecular flexibility index (Phi) is 7.32. The predicted octanol–water partition coefficient (Wildman–Crippen LogP) is 2.18. The van der Waals surface area contributed by atoms with Crippen molar-refractivity contribution < 1.29 is 21.6 Å². The van der Waals surface area contributed by atoms with Gasteiger partial charge in [-0.05, 0) is 56.1 Å². The molecule has 3 rings (SSSR count). The van der Waals surface area contributed by atoms with Gasteiger partial charge >= 0.3 is 0 Å². The fraction of sp³-hybridized carbons (Fsp3) is 0.429. The second kappa shape index (κ2) is 9.46. The molecule has 2 aromatic carbocycles. The van der Waals surface area contributed by atoms with E-state index in [2.05, 4.69) is 5.32 Å². The van der Waals surface area contributed by atoms with E-state index < -0.39 is 36.7 Å². The molecule has 3 atom stereocenters. The molecule has 0 bridgehead atoms. The van der Waals surface area contributed by atoms with Crippen LogP contribution < -0.4 is 10.1 Å². The van der Waals surface area contributed by atoms with Crippen molar-refractivity contribution in [3.8, 4) is 5.75 Å². The number of rotatable bonds is 8. The topological polar surface area (TPSA) is 92.8 Å². The summed E-state index contributed by atoms with van der Waals surface area (Å²) >= 11 is 5.87. The summed E-state index contributed by atoms with van der Waals surface area (Å²) in [5, 5.41) is 2.59. The molecule has 0 amide bonds. The van der Waals surface area contributed by atoms with Gasteiger partial charge in [-0.1, -0.05) is 23.7 Å². The Morgan fingerprint density at radius 3 is 2.26 bits per heavy atom. The molecule has 1 aliphatic heterocycles. The summed E-state index contributed by atoms with van der Waals surface area (Å²) < 4.78 is 56.3. The lowest BCUT2D eigenvalue weighted by Gasteiger charge is -2.28. The van der Waals surface area contributed by atoms with E-state index in [-0.39, 0.29) is 16.7 Å². The third-order valence-electron chi connectivity index (χ3n) is 5.54. The molecular weight excluding hydrogens is 460 g/mol. The van der Waals surface area contributed by atoms with Crippen LogP contribution in [0.25, 0.3) is 0 Å². The van der Waals surface area contributed by atoms with Crippen molar-refractivity contribution in [2.24, 2.45) is 0 Å². The standard InChI is InChI=1S/C21H27ClN2O5S2/c1-24(2)20(15-4-8-17(29-3)9-5-15)12-23-19-13-30(25,26)14-21(19)31(27,28)18-10-6-16(22)7-11-18/h4-11,19-21,23H,12-14H2,1-3H3/t19-,20?,21-/m0/s1. The van der Waals surface area contributed by atoms with Gasteiger partial charge in [0.2, 0.25) is 0 Å². The quantitative estimate of drug-likeness (QED) is 0.611. The number of methoxy groups -OCH3 is 1. The maximum Gasteiger partial charge on any atom is 0.183 e. The van der Waals surface area contributed by atoms with E-state index in [1.54, 1.807) is 7.11 Å². The van der Waals surface area contributed by atoms with Gasteiger partial charge in [0.05, 0.1) is 28.8 Å². The van der Waals surface area contributed by atoms with Crippen molar-refractivity contribution in [2.75, 3.05) is 39.3 Å². The summed E-state index contributed by atoms with van der Waals surface area (Å²) in [6, 6.07) is 12.6. The smallest absolute Gasteiger partial charge is 0.183 e. The van der Waals surface area contributed by atoms with Gasteiger partial charge < -0.3 is 15.0 Å². The van der Waals surface area contributed by atoms with Gasteiger partial charge in [-0.2, -0.15) is 0 Å². The molecule has 0 radical (unpaired) electrons. The van der Waals surface area contributed by atoms with Crippen LogP contribution in [0.3, 0.4) is 0 Å². The largest absolute Gasteiger partial charge is 0.497 e. The summed E-state index contributed by atoms with van der Waals surface area (Å²) in [6.45, 7) is 0.395. The zero-order chi connectivity index (χ0) is 22.8. The van der Waals surface area contributed by atoms with Crippen molar-refractivity contribution in [2.45, 2.75) is 22.2 Å². The molecule has 10 heteroatoms. The highest BCUT2D eigenvalue weighted by molar-refractivity contribution is 7.96. The number of benzene rings is 2. The van der Waals surface area contributed by atoms with Gasteiger partial charge in [-0.3, -0.25) is 0 Å². The lowest BCUT2D eigenvalue weighted by Crippen LogP contribution is -2.46. The van der Waals surface area contributed by atoms with Gasteiger partial charge in [-0.25, -0.2) is 16.8 Å². The molecule has 170 valence electrons. The highest BCUT2D eigenvalue weighted by Gasteiger charge is 2.45. The number of hydrogen-bond donors (Lipinski definition) is 1. The van der Waals surface area contributed by atoms with Gasteiger partial charge in [0.15, 0.2) is 19.7 Å². The third kappa shape index (κ3) is 5.59. The fourth-order valence-electron chi connectivity index (χ4n) is 3.80. The number of likely N-dealkylation sites (N-methyl/N-ethyl adjacent to an activating group) is 1. The lowest BCUT2D eigenvalue weighted by atomic mass is 10.1. The van der Waals surface area contributed by atoms with Crippen molar-refractivity contribution in [1.82, 2.24) is 10.2 Å². The molecule has 1 unspecified atom stereocenters.